The highest BCUT2D eigenvalue weighted by Crippen LogP contribution is 2.24. The van der Waals surface area contributed by atoms with Crippen LogP contribution < -0.4 is 4.74 Å². The molecule has 0 amide bonds. The van der Waals surface area contributed by atoms with Crippen LogP contribution in [0.25, 0.3) is 0 Å². The van der Waals surface area contributed by atoms with E-state index in [0.29, 0.717) is 23.0 Å². The summed E-state index contributed by atoms with van der Waals surface area (Å²) in [5.74, 6) is -0.681. The van der Waals surface area contributed by atoms with E-state index in [2.05, 4.69) is 16.9 Å². The lowest BCUT2D eigenvalue weighted by Gasteiger charge is -2.10. The van der Waals surface area contributed by atoms with E-state index in [0.717, 1.165) is 5.57 Å². The maximum Gasteiger partial charge on any atom is 0.358 e. The van der Waals surface area contributed by atoms with Gasteiger partial charge in [-0.1, -0.05) is 41.1 Å². The van der Waals surface area contributed by atoms with Gasteiger partial charge >= 0.3 is 5.97 Å². The zero-order valence-corrected chi connectivity index (χ0v) is 12.2. The van der Waals surface area contributed by atoms with E-state index in [9.17, 15) is 4.79 Å². The number of aromatic carboxylic acids is 1. The van der Waals surface area contributed by atoms with Crippen LogP contribution in [0.1, 0.15) is 23.1 Å². The maximum atomic E-state index is 11.2. The maximum absolute atomic E-state index is 11.2. The molecule has 0 aliphatic rings. The molecule has 0 atom stereocenters. The lowest BCUT2D eigenvalue weighted by molar-refractivity contribution is 0.0687. The van der Waals surface area contributed by atoms with Crippen molar-refractivity contribution in [3.05, 3.63) is 52.8 Å². The number of carboxylic acid groups (broad SMARTS) is 1. The molecule has 0 saturated heterocycles. The van der Waals surface area contributed by atoms with Crippen molar-refractivity contribution in [2.24, 2.45) is 0 Å². The van der Waals surface area contributed by atoms with E-state index in [4.69, 9.17) is 21.4 Å². The predicted octanol–water partition coefficient (Wildman–Crippen LogP) is 2.78. The number of hydrogen-bond acceptors (Lipinski definition) is 4. The van der Waals surface area contributed by atoms with Crippen molar-refractivity contribution in [2.45, 2.75) is 20.1 Å². The molecule has 21 heavy (non-hydrogen) atoms. The Labute approximate surface area is 126 Å². The van der Waals surface area contributed by atoms with Gasteiger partial charge in [-0.05, 0) is 19.1 Å². The van der Waals surface area contributed by atoms with Gasteiger partial charge in [0.1, 0.15) is 18.1 Å². The lowest BCUT2D eigenvalue weighted by Crippen LogP contribution is -2.12. The third kappa shape index (κ3) is 3.61. The van der Waals surface area contributed by atoms with Gasteiger partial charge in [0.15, 0.2) is 5.69 Å². The molecule has 1 N–H and O–H groups in total. The molecule has 2 aromatic rings. The van der Waals surface area contributed by atoms with Crippen LogP contribution in [-0.4, -0.2) is 26.1 Å². The molecule has 1 aromatic heterocycles. The molecule has 110 valence electrons. The Morgan fingerprint density at radius 2 is 2.19 bits per heavy atom. The number of carbonyl (C=O) groups is 1. The van der Waals surface area contributed by atoms with Gasteiger partial charge in [-0.25, -0.2) is 9.48 Å². The number of nitrogens with zero attached hydrogens (tertiary/aromatic N) is 3. The molecule has 7 heteroatoms. The molecule has 0 aliphatic carbocycles. The van der Waals surface area contributed by atoms with Crippen molar-refractivity contribution < 1.29 is 14.6 Å². The minimum Gasteiger partial charge on any atom is -0.486 e. The van der Waals surface area contributed by atoms with Crippen molar-refractivity contribution in [1.29, 1.82) is 0 Å². The molecular weight excluding hydrogens is 294 g/mol. The zero-order valence-electron chi connectivity index (χ0n) is 11.4. The average Bonchev–Trinajstić information content (AvgIpc) is 2.80. The van der Waals surface area contributed by atoms with Crippen LogP contribution in [0, 0.1) is 0 Å². The van der Waals surface area contributed by atoms with Crippen molar-refractivity contribution in [2.75, 3.05) is 0 Å². The van der Waals surface area contributed by atoms with E-state index in [1.165, 1.54) is 4.68 Å². The van der Waals surface area contributed by atoms with Gasteiger partial charge in [-0.15, -0.1) is 5.10 Å². The number of benzene rings is 1. The summed E-state index contributed by atoms with van der Waals surface area (Å²) in [5.41, 5.74) is 1.06. The normalized spacial score (nSPS) is 10.4. The lowest BCUT2D eigenvalue weighted by atomic mass is 10.3. The summed E-state index contributed by atoms with van der Waals surface area (Å²) in [4.78, 5) is 11.2. The van der Waals surface area contributed by atoms with Crippen LogP contribution in [0.5, 0.6) is 5.75 Å². The minimum absolute atomic E-state index is 0.00560. The Balaban J connectivity index is 2.25. The summed E-state index contributed by atoms with van der Waals surface area (Å²) < 4.78 is 7.03. The Morgan fingerprint density at radius 1 is 1.48 bits per heavy atom. The fourth-order valence-electron chi connectivity index (χ4n) is 1.73. The number of aromatic nitrogens is 3. The van der Waals surface area contributed by atoms with E-state index < -0.39 is 5.97 Å². The molecule has 0 fully saturated rings. The summed E-state index contributed by atoms with van der Waals surface area (Å²) in [6, 6.07) is 6.96. The highest BCUT2D eigenvalue weighted by atomic mass is 35.5. The predicted molar refractivity (Wildman–Crippen MR) is 77.6 cm³/mol. The van der Waals surface area contributed by atoms with E-state index in [1.807, 2.05) is 6.92 Å². The van der Waals surface area contributed by atoms with Crippen molar-refractivity contribution in [3.8, 4) is 5.75 Å². The van der Waals surface area contributed by atoms with Crippen LogP contribution in [-0.2, 0) is 13.2 Å². The number of hydrogen-bond donors (Lipinski definition) is 1. The summed E-state index contributed by atoms with van der Waals surface area (Å²) >= 11 is 6.00. The standard InChI is InChI=1S/C14H14ClN3O3/c1-9(2)7-18-11(13(14(19)20)16-17-18)8-21-12-6-4-3-5-10(12)15/h3-6H,1,7-8H2,2H3,(H,19,20). The molecule has 0 saturated carbocycles. The fourth-order valence-corrected chi connectivity index (χ4v) is 1.92. The second-order valence-electron chi connectivity index (χ2n) is 4.52. The van der Waals surface area contributed by atoms with Gasteiger partial charge in [0.25, 0.3) is 0 Å². The second-order valence-corrected chi connectivity index (χ2v) is 4.93. The summed E-state index contributed by atoms with van der Waals surface area (Å²) in [6.07, 6.45) is 0. The highest BCUT2D eigenvalue weighted by molar-refractivity contribution is 6.32. The molecule has 6 nitrogen and oxygen atoms in total. The first kappa shape index (κ1) is 15.1. The van der Waals surface area contributed by atoms with E-state index in [-0.39, 0.29) is 12.3 Å². The first-order chi connectivity index (χ1) is 9.99. The SMILES string of the molecule is C=C(C)Cn1nnc(C(=O)O)c1COc1ccccc1Cl. The van der Waals surface area contributed by atoms with Gasteiger partial charge in [0.05, 0.1) is 11.6 Å². The molecular formula is C14H14ClN3O3. The van der Waals surface area contributed by atoms with E-state index in [1.54, 1.807) is 24.3 Å². The van der Waals surface area contributed by atoms with Gasteiger partial charge in [-0.2, -0.15) is 0 Å². The number of carboxylic acids is 1. The number of halogens is 1. The Morgan fingerprint density at radius 3 is 2.81 bits per heavy atom. The summed E-state index contributed by atoms with van der Waals surface area (Å²) in [5, 5.41) is 17.1. The van der Waals surface area contributed by atoms with Gasteiger partial charge in [-0.3, -0.25) is 0 Å². The van der Waals surface area contributed by atoms with Crippen LogP contribution in [0.2, 0.25) is 5.02 Å². The van der Waals surface area contributed by atoms with Crippen LogP contribution in [0.3, 0.4) is 0 Å². The zero-order chi connectivity index (χ0) is 15.4. The summed E-state index contributed by atoms with van der Waals surface area (Å²) in [6.45, 7) is 5.98. The monoisotopic (exact) mass is 307 g/mol. The van der Waals surface area contributed by atoms with Crippen molar-refractivity contribution in [1.82, 2.24) is 15.0 Å². The minimum atomic E-state index is -1.15. The number of rotatable bonds is 6. The molecule has 0 spiro atoms. The third-order valence-corrected chi connectivity index (χ3v) is 2.97. The number of allylic oxidation sites excluding steroid dienone is 1. The smallest absolute Gasteiger partial charge is 0.358 e. The molecule has 1 heterocycles. The Kier molecular flexibility index (Phi) is 4.59. The molecule has 1 aromatic carbocycles. The molecule has 0 aliphatic heterocycles. The third-order valence-electron chi connectivity index (χ3n) is 2.66. The molecule has 0 bridgehead atoms. The van der Waals surface area contributed by atoms with Crippen molar-refractivity contribution >= 4 is 17.6 Å². The molecule has 0 unspecified atom stereocenters. The fraction of sp³-hybridized carbons (Fsp3) is 0.214. The highest BCUT2D eigenvalue weighted by Gasteiger charge is 2.19. The quantitative estimate of drug-likeness (QED) is 0.830. The first-order valence-corrected chi connectivity index (χ1v) is 6.54. The van der Waals surface area contributed by atoms with Crippen molar-refractivity contribution in [3.63, 3.8) is 0 Å². The Hall–Kier alpha value is -2.34. The van der Waals surface area contributed by atoms with Gasteiger partial charge in [0, 0.05) is 0 Å². The average molecular weight is 308 g/mol. The number of ether oxygens (including phenoxy) is 1. The number of para-hydroxylation sites is 1. The summed E-state index contributed by atoms with van der Waals surface area (Å²) in [7, 11) is 0. The first-order valence-electron chi connectivity index (χ1n) is 6.16. The van der Waals surface area contributed by atoms with Gasteiger partial charge < -0.3 is 9.84 Å². The topological polar surface area (TPSA) is 77.2 Å². The van der Waals surface area contributed by atoms with Crippen LogP contribution >= 0.6 is 11.6 Å². The largest absolute Gasteiger partial charge is 0.486 e. The Bertz CT molecular complexity index is 682. The molecule has 0 radical (unpaired) electrons. The van der Waals surface area contributed by atoms with Crippen LogP contribution in [0.4, 0.5) is 0 Å². The second kappa shape index (κ2) is 6.41. The molecule has 2 rings (SSSR count). The van der Waals surface area contributed by atoms with Crippen LogP contribution in [0.15, 0.2) is 36.4 Å². The van der Waals surface area contributed by atoms with E-state index >= 15 is 0 Å². The van der Waals surface area contributed by atoms with Gasteiger partial charge in [0.2, 0.25) is 0 Å².